The molecular formula is C13H20ClN3O. The second kappa shape index (κ2) is 7.24. The normalized spacial score (nSPS) is 10.7. The van der Waals surface area contributed by atoms with Gasteiger partial charge in [-0.25, -0.2) is 0 Å². The Morgan fingerprint density at radius 1 is 1.50 bits per heavy atom. The molecule has 0 fully saturated rings. The number of likely N-dealkylation sites (N-methyl/N-ethyl adjacent to an activating group) is 1. The number of rotatable bonds is 6. The number of carbonyl (C=O) groups is 1. The molecule has 18 heavy (non-hydrogen) atoms. The molecule has 0 saturated heterocycles. The summed E-state index contributed by atoms with van der Waals surface area (Å²) in [6, 6.07) is 5.37. The number of hydrogen-bond acceptors (Lipinski definition) is 3. The first-order valence-corrected chi connectivity index (χ1v) is 6.40. The Hall–Kier alpha value is -1.26. The van der Waals surface area contributed by atoms with E-state index in [1.165, 1.54) is 0 Å². The van der Waals surface area contributed by atoms with Crippen LogP contribution in [0.2, 0.25) is 5.02 Å². The number of anilines is 1. The molecule has 1 aromatic rings. The third-order valence-electron chi connectivity index (χ3n) is 2.53. The highest BCUT2D eigenvalue weighted by Gasteiger charge is 2.08. The van der Waals surface area contributed by atoms with Crippen molar-refractivity contribution in [2.24, 2.45) is 0 Å². The van der Waals surface area contributed by atoms with E-state index in [1.54, 1.807) is 12.1 Å². The van der Waals surface area contributed by atoms with Gasteiger partial charge in [-0.05, 0) is 37.2 Å². The summed E-state index contributed by atoms with van der Waals surface area (Å²) < 4.78 is 0. The molecule has 0 unspecified atom stereocenters. The SMILES string of the molecule is CCCNC(=O)CN(C)Cc1cc(Cl)ccc1N. The fraction of sp³-hybridized carbons (Fsp3) is 0.462. The summed E-state index contributed by atoms with van der Waals surface area (Å²) in [6.07, 6.45) is 0.941. The molecule has 0 aliphatic rings. The highest BCUT2D eigenvalue weighted by molar-refractivity contribution is 6.30. The lowest BCUT2D eigenvalue weighted by atomic mass is 10.1. The number of hydrogen-bond donors (Lipinski definition) is 2. The molecule has 0 radical (unpaired) electrons. The molecule has 0 atom stereocenters. The van der Waals surface area contributed by atoms with Gasteiger partial charge in [0.1, 0.15) is 0 Å². The van der Waals surface area contributed by atoms with Crippen molar-refractivity contribution in [2.75, 3.05) is 25.9 Å². The summed E-state index contributed by atoms with van der Waals surface area (Å²) in [5, 5.41) is 3.49. The number of nitrogens with one attached hydrogen (secondary N) is 1. The molecule has 100 valence electrons. The Bertz CT molecular complexity index is 409. The van der Waals surface area contributed by atoms with Gasteiger partial charge in [0.25, 0.3) is 0 Å². The van der Waals surface area contributed by atoms with Crippen molar-refractivity contribution in [3.8, 4) is 0 Å². The Labute approximate surface area is 113 Å². The Kier molecular flexibility index (Phi) is 5.95. The van der Waals surface area contributed by atoms with Crippen LogP contribution in [0.15, 0.2) is 18.2 Å². The zero-order valence-electron chi connectivity index (χ0n) is 10.9. The highest BCUT2D eigenvalue weighted by atomic mass is 35.5. The second-order valence-corrected chi connectivity index (χ2v) is 4.80. The zero-order valence-corrected chi connectivity index (χ0v) is 11.6. The molecule has 0 heterocycles. The van der Waals surface area contributed by atoms with Gasteiger partial charge in [0, 0.05) is 23.8 Å². The molecule has 5 heteroatoms. The first-order chi connectivity index (χ1) is 8.52. The predicted molar refractivity (Wildman–Crippen MR) is 75.5 cm³/mol. The largest absolute Gasteiger partial charge is 0.398 e. The van der Waals surface area contributed by atoms with Crippen LogP contribution in [0.4, 0.5) is 5.69 Å². The van der Waals surface area contributed by atoms with E-state index in [1.807, 2.05) is 24.9 Å². The fourth-order valence-corrected chi connectivity index (χ4v) is 1.82. The maximum Gasteiger partial charge on any atom is 0.234 e. The third-order valence-corrected chi connectivity index (χ3v) is 2.77. The highest BCUT2D eigenvalue weighted by Crippen LogP contribution is 2.18. The molecule has 3 N–H and O–H groups in total. The third kappa shape index (κ3) is 4.94. The van der Waals surface area contributed by atoms with Gasteiger partial charge in [0.2, 0.25) is 5.91 Å². The maximum atomic E-state index is 11.5. The van der Waals surface area contributed by atoms with Crippen molar-refractivity contribution >= 4 is 23.2 Å². The van der Waals surface area contributed by atoms with Gasteiger partial charge in [0.15, 0.2) is 0 Å². The van der Waals surface area contributed by atoms with Crippen molar-refractivity contribution in [1.82, 2.24) is 10.2 Å². The molecule has 4 nitrogen and oxygen atoms in total. The Morgan fingerprint density at radius 3 is 2.89 bits per heavy atom. The van der Waals surface area contributed by atoms with Crippen LogP contribution in [0, 0.1) is 0 Å². The van der Waals surface area contributed by atoms with Gasteiger partial charge < -0.3 is 11.1 Å². The minimum Gasteiger partial charge on any atom is -0.398 e. The van der Waals surface area contributed by atoms with E-state index in [4.69, 9.17) is 17.3 Å². The fourth-order valence-electron chi connectivity index (χ4n) is 1.62. The van der Waals surface area contributed by atoms with Crippen molar-refractivity contribution in [2.45, 2.75) is 19.9 Å². The van der Waals surface area contributed by atoms with Gasteiger partial charge in [-0.1, -0.05) is 18.5 Å². The lowest BCUT2D eigenvalue weighted by molar-refractivity contribution is -0.122. The van der Waals surface area contributed by atoms with E-state index >= 15 is 0 Å². The molecule has 0 aliphatic carbocycles. The summed E-state index contributed by atoms with van der Waals surface area (Å²) in [6.45, 7) is 3.69. The number of benzene rings is 1. The second-order valence-electron chi connectivity index (χ2n) is 4.37. The van der Waals surface area contributed by atoms with Crippen molar-refractivity contribution < 1.29 is 4.79 Å². The molecule has 0 bridgehead atoms. The molecule has 1 aromatic carbocycles. The molecule has 1 rings (SSSR count). The Balaban J connectivity index is 2.51. The monoisotopic (exact) mass is 269 g/mol. The summed E-state index contributed by atoms with van der Waals surface area (Å²) >= 11 is 5.92. The van der Waals surface area contributed by atoms with Crippen molar-refractivity contribution in [1.29, 1.82) is 0 Å². The van der Waals surface area contributed by atoms with E-state index < -0.39 is 0 Å². The standard InChI is InChI=1S/C13H20ClN3O/c1-3-6-16-13(18)9-17(2)8-10-7-11(14)4-5-12(10)15/h4-5,7H,3,6,8-9,15H2,1-2H3,(H,16,18). The number of nitrogens with zero attached hydrogens (tertiary/aromatic N) is 1. The quantitative estimate of drug-likeness (QED) is 0.776. The smallest absolute Gasteiger partial charge is 0.234 e. The minimum atomic E-state index is 0.0277. The minimum absolute atomic E-state index is 0.0277. The molecular weight excluding hydrogens is 250 g/mol. The van der Waals surface area contributed by atoms with E-state index in [2.05, 4.69) is 5.32 Å². The number of halogens is 1. The molecule has 0 spiro atoms. The van der Waals surface area contributed by atoms with E-state index in [-0.39, 0.29) is 5.91 Å². The molecule has 0 saturated carbocycles. The van der Waals surface area contributed by atoms with E-state index in [0.717, 1.165) is 12.0 Å². The van der Waals surface area contributed by atoms with Crippen LogP contribution in [0.5, 0.6) is 0 Å². The van der Waals surface area contributed by atoms with Crippen LogP contribution in [-0.4, -0.2) is 30.9 Å². The van der Waals surface area contributed by atoms with E-state index in [0.29, 0.717) is 30.3 Å². The first kappa shape index (κ1) is 14.8. The summed E-state index contributed by atoms with van der Waals surface area (Å²) in [5.74, 6) is 0.0277. The van der Waals surface area contributed by atoms with E-state index in [9.17, 15) is 4.79 Å². The molecule has 0 aromatic heterocycles. The summed E-state index contributed by atoms with van der Waals surface area (Å²) in [5.41, 5.74) is 7.50. The van der Waals surface area contributed by atoms with Gasteiger partial charge in [-0.2, -0.15) is 0 Å². The van der Waals surface area contributed by atoms with Crippen molar-refractivity contribution in [3.63, 3.8) is 0 Å². The van der Waals surface area contributed by atoms with Crippen LogP contribution in [-0.2, 0) is 11.3 Å². The topological polar surface area (TPSA) is 58.4 Å². The summed E-state index contributed by atoms with van der Waals surface area (Å²) in [4.78, 5) is 13.5. The van der Waals surface area contributed by atoms with Gasteiger partial charge >= 0.3 is 0 Å². The number of nitrogen functional groups attached to an aromatic ring is 1. The summed E-state index contributed by atoms with van der Waals surface area (Å²) in [7, 11) is 1.88. The van der Waals surface area contributed by atoms with Crippen LogP contribution >= 0.6 is 11.6 Å². The molecule has 1 amide bonds. The zero-order chi connectivity index (χ0) is 13.5. The van der Waals surface area contributed by atoms with Crippen molar-refractivity contribution in [3.05, 3.63) is 28.8 Å². The first-order valence-electron chi connectivity index (χ1n) is 6.02. The Morgan fingerprint density at radius 2 is 2.22 bits per heavy atom. The number of amides is 1. The average Bonchev–Trinajstić information content (AvgIpc) is 2.31. The number of nitrogens with two attached hydrogens (primary N) is 1. The maximum absolute atomic E-state index is 11.5. The van der Waals surface area contributed by atoms with Gasteiger partial charge in [0.05, 0.1) is 6.54 Å². The molecule has 0 aliphatic heterocycles. The van der Waals surface area contributed by atoms with Crippen LogP contribution < -0.4 is 11.1 Å². The van der Waals surface area contributed by atoms with Gasteiger partial charge in [-0.15, -0.1) is 0 Å². The lowest BCUT2D eigenvalue weighted by Gasteiger charge is -2.17. The van der Waals surface area contributed by atoms with Gasteiger partial charge in [-0.3, -0.25) is 9.69 Å². The van der Waals surface area contributed by atoms with Crippen LogP contribution in [0.25, 0.3) is 0 Å². The average molecular weight is 270 g/mol. The predicted octanol–water partition coefficient (Wildman–Crippen LogP) is 1.88. The van der Waals surface area contributed by atoms with Crippen LogP contribution in [0.1, 0.15) is 18.9 Å². The lowest BCUT2D eigenvalue weighted by Crippen LogP contribution is -2.35. The number of carbonyl (C=O) groups excluding carboxylic acids is 1. The van der Waals surface area contributed by atoms with Crippen LogP contribution in [0.3, 0.4) is 0 Å².